The molecule has 0 spiro atoms. The van der Waals surface area contributed by atoms with Gasteiger partial charge in [-0.2, -0.15) is 0 Å². The number of hydrogen-bond donors (Lipinski definition) is 0. The molecule has 0 aromatic rings. The predicted molar refractivity (Wildman–Crippen MR) is 88.9 cm³/mol. The lowest BCUT2D eigenvalue weighted by atomic mass is 9.55. The van der Waals surface area contributed by atoms with Gasteiger partial charge in [-0.3, -0.25) is 0 Å². The Hall–Kier alpha value is -0.915. The summed E-state index contributed by atoms with van der Waals surface area (Å²) < 4.78 is 0. The smallest absolute Gasteiger partial charge is 0.161 e. The monoisotopic (exact) mass is 259 g/mol. The van der Waals surface area contributed by atoms with E-state index in [0.717, 1.165) is 18.0 Å². The van der Waals surface area contributed by atoms with Crippen molar-refractivity contribution in [1.82, 2.24) is 4.90 Å². The molecule has 0 aliphatic heterocycles. The Morgan fingerprint density at radius 3 is 2.42 bits per heavy atom. The molecule has 1 aliphatic carbocycles. The van der Waals surface area contributed by atoms with Gasteiger partial charge in [-0.05, 0) is 23.5 Å². The van der Waals surface area contributed by atoms with Gasteiger partial charge in [0.05, 0.1) is 0 Å². The van der Waals surface area contributed by atoms with E-state index in [0.29, 0.717) is 0 Å². The molecule has 1 nitrogen and oxygen atoms in total. The zero-order valence-electron chi connectivity index (χ0n) is 13.4. The molecule has 0 aromatic heterocycles. The molecule has 0 amide bonds. The molecule has 2 heteroatoms. The summed E-state index contributed by atoms with van der Waals surface area (Å²) in [6, 6.07) is 0. The summed E-state index contributed by atoms with van der Waals surface area (Å²) in [5.74, 6) is 0.837. The fourth-order valence-corrected chi connectivity index (χ4v) is 2.80. The molecule has 19 heavy (non-hydrogen) atoms. The van der Waals surface area contributed by atoms with Gasteiger partial charge in [-0.25, -0.2) is 0 Å². The van der Waals surface area contributed by atoms with Gasteiger partial charge in [0.1, 0.15) is 0 Å². The first-order valence-corrected chi connectivity index (χ1v) is 7.82. The van der Waals surface area contributed by atoms with Gasteiger partial charge >= 0.3 is 0 Å². The van der Waals surface area contributed by atoms with Crippen LogP contribution in [0, 0.1) is 5.92 Å². The number of likely N-dealkylation sites (N-methyl/N-ethyl adjacent to an activating group) is 1. The molecule has 106 valence electrons. The van der Waals surface area contributed by atoms with Crippen molar-refractivity contribution in [2.45, 2.75) is 52.8 Å². The van der Waals surface area contributed by atoms with E-state index in [4.69, 9.17) is 0 Å². The molecule has 0 bridgehead atoms. The number of unbranched alkanes of at least 4 members (excludes halogenated alkanes) is 1. The zero-order valence-corrected chi connectivity index (χ0v) is 13.4. The first-order chi connectivity index (χ1) is 8.99. The Kier molecular flexibility index (Phi) is 6.47. The number of rotatable bonds is 9. The van der Waals surface area contributed by atoms with Crippen molar-refractivity contribution in [2.24, 2.45) is 5.92 Å². The van der Waals surface area contributed by atoms with Gasteiger partial charge in [0.25, 0.3) is 0 Å². The Labute approximate surface area is 120 Å². The number of allylic oxidation sites excluding steroid dienone is 2. The van der Waals surface area contributed by atoms with Crippen molar-refractivity contribution in [2.75, 3.05) is 13.6 Å². The van der Waals surface area contributed by atoms with Gasteiger partial charge < -0.3 is 4.90 Å². The summed E-state index contributed by atoms with van der Waals surface area (Å²) >= 11 is 0. The lowest BCUT2D eigenvalue weighted by Crippen LogP contribution is -2.30. The molecule has 1 rings (SSSR count). The molecule has 0 N–H and O–H groups in total. The van der Waals surface area contributed by atoms with Crippen molar-refractivity contribution in [1.29, 1.82) is 0 Å². The van der Waals surface area contributed by atoms with E-state index in [1.807, 2.05) is 0 Å². The van der Waals surface area contributed by atoms with E-state index in [-0.39, 0.29) is 0 Å². The van der Waals surface area contributed by atoms with Crippen molar-refractivity contribution >= 4 is 7.28 Å². The van der Waals surface area contributed by atoms with E-state index in [2.05, 4.69) is 45.9 Å². The quantitative estimate of drug-likeness (QED) is 0.439. The second kappa shape index (κ2) is 7.62. The SMILES string of the molecule is C=C1C(=C)C(N(C)CCC)=C1BCCCCC(C)C. The molecule has 0 saturated heterocycles. The van der Waals surface area contributed by atoms with Crippen LogP contribution in [-0.2, 0) is 0 Å². The average Bonchev–Trinajstić information content (AvgIpc) is 2.36. The molecule has 0 heterocycles. The standard InChI is InChI=1S/C17H30BN/c1-7-12-19(6)17-15(5)14(4)16(17)18-11-9-8-10-13(2)3/h13,18H,4-5,7-12H2,1-3,6H3. The summed E-state index contributed by atoms with van der Waals surface area (Å²) in [7, 11) is 3.36. The van der Waals surface area contributed by atoms with Crippen LogP contribution in [0.5, 0.6) is 0 Å². The summed E-state index contributed by atoms with van der Waals surface area (Å²) in [6.45, 7) is 16.2. The third kappa shape index (κ3) is 4.30. The second-order valence-corrected chi connectivity index (χ2v) is 6.20. The average molecular weight is 259 g/mol. The van der Waals surface area contributed by atoms with Crippen LogP contribution in [0.3, 0.4) is 0 Å². The van der Waals surface area contributed by atoms with Crippen LogP contribution in [0.1, 0.15) is 46.5 Å². The van der Waals surface area contributed by atoms with Crippen LogP contribution >= 0.6 is 0 Å². The minimum absolute atomic E-state index is 0.837. The lowest BCUT2D eigenvalue weighted by molar-refractivity contribution is 0.417. The van der Waals surface area contributed by atoms with E-state index < -0.39 is 0 Å². The highest BCUT2D eigenvalue weighted by Gasteiger charge is 2.27. The van der Waals surface area contributed by atoms with Gasteiger partial charge in [0.2, 0.25) is 0 Å². The topological polar surface area (TPSA) is 3.24 Å². The number of nitrogens with zero attached hydrogens (tertiary/aromatic N) is 1. The van der Waals surface area contributed by atoms with Crippen molar-refractivity contribution < 1.29 is 0 Å². The third-order valence-electron chi connectivity index (χ3n) is 3.95. The second-order valence-electron chi connectivity index (χ2n) is 6.20. The zero-order chi connectivity index (χ0) is 14.4. The Morgan fingerprint density at radius 2 is 1.84 bits per heavy atom. The van der Waals surface area contributed by atoms with Crippen LogP contribution in [0.25, 0.3) is 0 Å². The molecule has 0 unspecified atom stereocenters. The van der Waals surface area contributed by atoms with E-state index in [9.17, 15) is 0 Å². The maximum Gasteiger partial charge on any atom is 0.161 e. The Bertz CT molecular complexity index is 365. The van der Waals surface area contributed by atoms with Gasteiger partial charge in [-0.15, -0.1) is 0 Å². The third-order valence-corrected chi connectivity index (χ3v) is 3.95. The van der Waals surface area contributed by atoms with Crippen LogP contribution in [0.15, 0.2) is 35.5 Å². The minimum Gasteiger partial charge on any atom is -0.375 e. The van der Waals surface area contributed by atoms with Crippen molar-refractivity contribution in [3.63, 3.8) is 0 Å². The largest absolute Gasteiger partial charge is 0.375 e. The minimum atomic E-state index is 0.837. The summed E-state index contributed by atoms with van der Waals surface area (Å²) in [4.78, 5) is 2.35. The van der Waals surface area contributed by atoms with Crippen LogP contribution in [0.2, 0.25) is 6.32 Å². The Balaban J connectivity index is 2.45. The number of hydrogen-bond acceptors (Lipinski definition) is 1. The fraction of sp³-hybridized carbons (Fsp3) is 0.647. The summed E-state index contributed by atoms with van der Waals surface area (Å²) in [5, 5.41) is 0. The van der Waals surface area contributed by atoms with E-state index >= 15 is 0 Å². The van der Waals surface area contributed by atoms with Crippen LogP contribution in [0.4, 0.5) is 0 Å². The maximum absolute atomic E-state index is 4.16. The van der Waals surface area contributed by atoms with Crippen LogP contribution < -0.4 is 0 Å². The molecule has 0 atom stereocenters. The van der Waals surface area contributed by atoms with Gasteiger partial charge in [0.15, 0.2) is 7.28 Å². The molecule has 0 saturated carbocycles. The Morgan fingerprint density at radius 1 is 1.16 bits per heavy atom. The van der Waals surface area contributed by atoms with Crippen molar-refractivity contribution in [3.05, 3.63) is 35.5 Å². The summed E-state index contributed by atoms with van der Waals surface area (Å²) in [6.07, 6.45) is 6.53. The lowest BCUT2D eigenvalue weighted by Gasteiger charge is -2.36. The van der Waals surface area contributed by atoms with Crippen LogP contribution in [-0.4, -0.2) is 25.8 Å². The van der Waals surface area contributed by atoms with E-state index in [1.165, 1.54) is 56.0 Å². The highest BCUT2D eigenvalue weighted by molar-refractivity contribution is 6.49. The summed E-state index contributed by atoms with van der Waals surface area (Å²) in [5.41, 5.74) is 5.19. The molecular formula is C17H30BN. The first-order valence-electron chi connectivity index (χ1n) is 7.82. The van der Waals surface area contributed by atoms with Gasteiger partial charge in [0, 0.05) is 19.3 Å². The van der Waals surface area contributed by atoms with Gasteiger partial charge in [-0.1, -0.05) is 65.0 Å². The molecule has 1 aliphatic rings. The normalized spacial score (nSPS) is 15.0. The van der Waals surface area contributed by atoms with E-state index in [1.54, 1.807) is 0 Å². The van der Waals surface area contributed by atoms with Crippen molar-refractivity contribution in [3.8, 4) is 0 Å². The first kappa shape index (κ1) is 16.1. The predicted octanol–water partition coefficient (Wildman–Crippen LogP) is 4.35. The molecule has 0 radical (unpaired) electrons. The fourth-order valence-electron chi connectivity index (χ4n) is 2.80. The highest BCUT2D eigenvalue weighted by Crippen LogP contribution is 2.38. The molecule has 0 fully saturated rings. The molecular weight excluding hydrogens is 229 g/mol. The highest BCUT2D eigenvalue weighted by atomic mass is 15.1. The maximum atomic E-state index is 4.16. The molecule has 0 aromatic carbocycles.